The molecule has 0 aliphatic heterocycles. The predicted octanol–water partition coefficient (Wildman–Crippen LogP) is 6.71. The first-order valence-electron chi connectivity index (χ1n) is 10.7. The average Bonchev–Trinajstić information content (AvgIpc) is 2.88. The van der Waals surface area contributed by atoms with Gasteiger partial charge in [0.1, 0.15) is 6.61 Å². The van der Waals surface area contributed by atoms with Crippen molar-refractivity contribution in [3.8, 4) is 22.5 Å². The highest BCUT2D eigenvalue weighted by Crippen LogP contribution is 2.31. The first-order chi connectivity index (χ1) is 16.3. The third-order valence-electron chi connectivity index (χ3n) is 5.22. The number of nitrogens with zero attached hydrogens (tertiary/aromatic N) is 2. The van der Waals surface area contributed by atoms with Crippen molar-refractivity contribution in [3.05, 3.63) is 115 Å². The Morgan fingerprint density at radius 1 is 0.667 bits per heavy atom. The molecule has 0 radical (unpaired) electrons. The first-order valence-corrected chi connectivity index (χ1v) is 10.7. The Hall–Kier alpha value is -4.51. The smallest absolute Gasteiger partial charge is 0.411 e. The van der Waals surface area contributed by atoms with Crippen LogP contribution in [0.2, 0.25) is 0 Å². The van der Waals surface area contributed by atoms with Gasteiger partial charge in [-0.2, -0.15) is 0 Å². The molecule has 160 valence electrons. The fourth-order valence-corrected chi connectivity index (χ4v) is 3.60. The maximum Gasteiger partial charge on any atom is 0.411 e. The normalized spacial score (nSPS) is 10.7. The van der Waals surface area contributed by atoms with Crippen LogP contribution in [0.3, 0.4) is 0 Å². The molecule has 1 heterocycles. The average molecular weight is 431 g/mol. The molecular formula is C28H21N3O2. The number of nitrogens with one attached hydrogen (secondary N) is 1. The van der Waals surface area contributed by atoms with E-state index in [1.54, 1.807) is 6.07 Å². The summed E-state index contributed by atoms with van der Waals surface area (Å²) < 4.78 is 5.33. The van der Waals surface area contributed by atoms with Crippen LogP contribution in [0.5, 0.6) is 0 Å². The molecule has 5 nitrogen and oxygen atoms in total. The van der Waals surface area contributed by atoms with Gasteiger partial charge in [-0.25, -0.2) is 14.8 Å². The van der Waals surface area contributed by atoms with Crippen molar-refractivity contribution < 1.29 is 9.53 Å². The molecule has 0 unspecified atom stereocenters. The van der Waals surface area contributed by atoms with Gasteiger partial charge in [0, 0.05) is 16.8 Å². The third kappa shape index (κ3) is 4.72. The summed E-state index contributed by atoms with van der Waals surface area (Å²) in [5.41, 5.74) is 6.55. The summed E-state index contributed by atoms with van der Waals surface area (Å²) in [6.07, 6.45) is -0.518. The van der Waals surface area contributed by atoms with E-state index in [2.05, 4.69) is 5.32 Å². The molecule has 0 aliphatic rings. The number of amides is 1. The lowest BCUT2D eigenvalue weighted by molar-refractivity contribution is 0.155. The quantitative estimate of drug-likeness (QED) is 0.336. The predicted molar refractivity (Wildman–Crippen MR) is 131 cm³/mol. The van der Waals surface area contributed by atoms with E-state index in [0.29, 0.717) is 11.2 Å². The summed E-state index contributed by atoms with van der Waals surface area (Å²) >= 11 is 0. The number of hydrogen-bond acceptors (Lipinski definition) is 4. The van der Waals surface area contributed by atoms with E-state index >= 15 is 0 Å². The number of benzene rings is 4. The van der Waals surface area contributed by atoms with Crippen molar-refractivity contribution >= 4 is 22.8 Å². The lowest BCUT2D eigenvalue weighted by atomic mass is 10.0. The number of rotatable bonds is 5. The Morgan fingerprint density at radius 2 is 1.21 bits per heavy atom. The second-order valence-corrected chi connectivity index (χ2v) is 7.54. The lowest BCUT2D eigenvalue weighted by Crippen LogP contribution is -2.13. The zero-order valence-electron chi connectivity index (χ0n) is 17.8. The molecule has 0 fully saturated rings. The fourth-order valence-electron chi connectivity index (χ4n) is 3.60. The molecule has 33 heavy (non-hydrogen) atoms. The Labute approximate surface area is 191 Å². The van der Waals surface area contributed by atoms with Crippen LogP contribution < -0.4 is 5.32 Å². The van der Waals surface area contributed by atoms with Gasteiger partial charge in [0.15, 0.2) is 0 Å². The van der Waals surface area contributed by atoms with Gasteiger partial charge >= 0.3 is 6.09 Å². The van der Waals surface area contributed by atoms with Crippen LogP contribution in [0.25, 0.3) is 33.5 Å². The molecule has 0 aliphatic carbocycles. The minimum Gasteiger partial charge on any atom is -0.444 e. The second-order valence-electron chi connectivity index (χ2n) is 7.54. The minimum atomic E-state index is -0.518. The highest BCUT2D eigenvalue weighted by molar-refractivity contribution is 5.91. The Kier molecular flexibility index (Phi) is 5.76. The van der Waals surface area contributed by atoms with Gasteiger partial charge in [0.25, 0.3) is 0 Å². The number of hydrogen-bond donors (Lipinski definition) is 1. The number of ether oxygens (including phenoxy) is 1. The number of carbonyl (C=O) groups is 1. The van der Waals surface area contributed by atoms with Crippen LogP contribution in [0.4, 0.5) is 10.5 Å². The van der Waals surface area contributed by atoms with Crippen molar-refractivity contribution in [1.82, 2.24) is 9.97 Å². The highest BCUT2D eigenvalue weighted by atomic mass is 16.5. The summed E-state index contributed by atoms with van der Waals surface area (Å²) in [5.74, 6) is 0. The Morgan fingerprint density at radius 3 is 1.82 bits per heavy atom. The summed E-state index contributed by atoms with van der Waals surface area (Å²) in [4.78, 5) is 22.1. The maximum atomic E-state index is 12.3. The van der Waals surface area contributed by atoms with Crippen LogP contribution in [0.1, 0.15) is 5.56 Å². The van der Waals surface area contributed by atoms with Crippen molar-refractivity contribution in [3.63, 3.8) is 0 Å². The second kappa shape index (κ2) is 9.32. The highest BCUT2D eigenvalue weighted by Gasteiger charge is 2.14. The van der Waals surface area contributed by atoms with Gasteiger partial charge in [-0.05, 0) is 23.8 Å². The zero-order valence-corrected chi connectivity index (χ0v) is 17.8. The van der Waals surface area contributed by atoms with Gasteiger partial charge in [0.05, 0.1) is 22.4 Å². The molecule has 0 bridgehead atoms. The van der Waals surface area contributed by atoms with Gasteiger partial charge in [-0.1, -0.05) is 91.0 Å². The number of anilines is 1. The SMILES string of the molecule is O=C(Nc1ccc2nc(-c3ccccc3)c(-c3ccccc3)nc2c1)OCc1ccccc1. The third-order valence-corrected chi connectivity index (χ3v) is 5.22. The monoisotopic (exact) mass is 431 g/mol. The van der Waals surface area contributed by atoms with E-state index in [9.17, 15) is 4.79 Å². The largest absolute Gasteiger partial charge is 0.444 e. The first kappa shape index (κ1) is 20.4. The van der Waals surface area contributed by atoms with Crippen molar-refractivity contribution in [2.24, 2.45) is 0 Å². The Balaban J connectivity index is 1.46. The number of fused-ring (bicyclic) bond motifs is 1. The molecule has 4 aromatic carbocycles. The van der Waals surface area contributed by atoms with Crippen LogP contribution >= 0.6 is 0 Å². The molecule has 1 amide bonds. The van der Waals surface area contributed by atoms with Crippen LogP contribution in [-0.4, -0.2) is 16.1 Å². The van der Waals surface area contributed by atoms with Crippen molar-refractivity contribution in [2.75, 3.05) is 5.32 Å². The molecule has 1 aromatic heterocycles. The van der Waals surface area contributed by atoms with Crippen LogP contribution in [0, 0.1) is 0 Å². The number of aromatic nitrogens is 2. The molecule has 1 N–H and O–H groups in total. The van der Waals surface area contributed by atoms with Crippen molar-refractivity contribution in [2.45, 2.75) is 6.61 Å². The summed E-state index contributed by atoms with van der Waals surface area (Å²) in [7, 11) is 0. The molecule has 0 atom stereocenters. The van der Waals surface area contributed by atoms with E-state index in [4.69, 9.17) is 14.7 Å². The molecular weight excluding hydrogens is 410 g/mol. The van der Waals surface area contributed by atoms with Gasteiger partial charge in [-0.15, -0.1) is 0 Å². The van der Waals surface area contributed by atoms with Gasteiger partial charge in [0.2, 0.25) is 0 Å². The van der Waals surface area contributed by atoms with Crippen LogP contribution in [-0.2, 0) is 11.3 Å². The van der Waals surface area contributed by atoms with E-state index in [1.807, 2.05) is 103 Å². The maximum absolute atomic E-state index is 12.3. The number of carbonyl (C=O) groups excluding carboxylic acids is 1. The standard InChI is InChI=1S/C28H21N3O2/c32-28(33-19-20-10-4-1-5-11-20)29-23-16-17-24-25(18-23)31-27(22-14-8-3-9-15-22)26(30-24)21-12-6-2-7-13-21/h1-18H,19H2,(H,29,32). The molecule has 0 saturated heterocycles. The molecule has 0 saturated carbocycles. The fraction of sp³-hybridized carbons (Fsp3) is 0.0357. The van der Waals surface area contributed by atoms with E-state index in [1.165, 1.54) is 0 Å². The topological polar surface area (TPSA) is 64.1 Å². The molecule has 5 aromatic rings. The minimum absolute atomic E-state index is 0.207. The molecule has 5 rings (SSSR count). The summed E-state index contributed by atoms with van der Waals surface area (Å²) in [6, 6.07) is 35.0. The van der Waals surface area contributed by atoms with E-state index < -0.39 is 6.09 Å². The summed E-state index contributed by atoms with van der Waals surface area (Å²) in [6.45, 7) is 0.207. The Bertz CT molecular complexity index is 1390. The lowest BCUT2D eigenvalue weighted by Gasteiger charge is -2.12. The van der Waals surface area contributed by atoms with Crippen molar-refractivity contribution in [1.29, 1.82) is 0 Å². The summed E-state index contributed by atoms with van der Waals surface area (Å²) in [5, 5.41) is 2.78. The molecule has 0 spiro atoms. The van der Waals surface area contributed by atoms with E-state index in [-0.39, 0.29) is 6.61 Å². The van der Waals surface area contributed by atoms with Gasteiger partial charge < -0.3 is 4.74 Å². The zero-order chi connectivity index (χ0) is 22.5. The van der Waals surface area contributed by atoms with Crippen LogP contribution in [0.15, 0.2) is 109 Å². The molecule has 5 heteroatoms. The van der Waals surface area contributed by atoms with Gasteiger partial charge in [-0.3, -0.25) is 5.32 Å². The van der Waals surface area contributed by atoms with E-state index in [0.717, 1.165) is 33.6 Å².